The van der Waals surface area contributed by atoms with E-state index in [-0.39, 0.29) is 16.9 Å². The summed E-state index contributed by atoms with van der Waals surface area (Å²) in [6.07, 6.45) is 0. The van der Waals surface area contributed by atoms with E-state index in [4.69, 9.17) is 4.52 Å². The van der Waals surface area contributed by atoms with Gasteiger partial charge in [-0.25, -0.2) is 8.78 Å². The van der Waals surface area contributed by atoms with E-state index in [0.29, 0.717) is 11.0 Å². The largest absolute Gasteiger partial charge is 0.356 e. The standard InChI is InChI=1S/C11H8BrF2NO/c1-6-2-10(14)8(4-9(6)13)11-3-7(5-12)15-16-11/h2-4H,5H2,1H3. The van der Waals surface area contributed by atoms with Crippen LogP contribution in [0.25, 0.3) is 11.3 Å². The first kappa shape index (κ1) is 11.3. The van der Waals surface area contributed by atoms with E-state index >= 15 is 0 Å². The summed E-state index contributed by atoms with van der Waals surface area (Å²) < 4.78 is 31.8. The zero-order valence-corrected chi connectivity index (χ0v) is 10.0. The maximum atomic E-state index is 13.6. The number of rotatable bonds is 2. The van der Waals surface area contributed by atoms with Crippen molar-refractivity contribution < 1.29 is 13.3 Å². The monoisotopic (exact) mass is 287 g/mol. The van der Waals surface area contributed by atoms with Crippen molar-refractivity contribution in [2.45, 2.75) is 12.3 Å². The lowest BCUT2D eigenvalue weighted by Crippen LogP contribution is -1.89. The number of benzene rings is 1. The Hall–Kier alpha value is -1.23. The lowest BCUT2D eigenvalue weighted by atomic mass is 10.1. The zero-order chi connectivity index (χ0) is 11.7. The first-order chi connectivity index (χ1) is 7.61. The Morgan fingerprint density at radius 2 is 2.00 bits per heavy atom. The van der Waals surface area contributed by atoms with Crippen molar-refractivity contribution in [1.29, 1.82) is 0 Å². The normalized spacial score (nSPS) is 10.8. The molecule has 0 unspecified atom stereocenters. The van der Waals surface area contributed by atoms with Crippen LogP contribution in [0.15, 0.2) is 22.7 Å². The van der Waals surface area contributed by atoms with Crippen LogP contribution in [0, 0.1) is 18.6 Å². The van der Waals surface area contributed by atoms with Crippen LogP contribution in [-0.2, 0) is 5.33 Å². The van der Waals surface area contributed by atoms with Gasteiger partial charge in [0.25, 0.3) is 0 Å². The fraction of sp³-hybridized carbons (Fsp3) is 0.182. The Morgan fingerprint density at radius 1 is 1.25 bits per heavy atom. The molecule has 0 spiro atoms. The van der Waals surface area contributed by atoms with Gasteiger partial charge < -0.3 is 4.52 Å². The summed E-state index contributed by atoms with van der Waals surface area (Å²) in [4.78, 5) is 0. The fourth-order valence-corrected chi connectivity index (χ4v) is 1.60. The van der Waals surface area contributed by atoms with E-state index in [1.165, 1.54) is 6.92 Å². The molecule has 0 saturated heterocycles. The quantitative estimate of drug-likeness (QED) is 0.785. The summed E-state index contributed by atoms with van der Waals surface area (Å²) in [5.74, 6) is -0.754. The molecule has 1 aromatic heterocycles. The first-order valence-electron chi connectivity index (χ1n) is 4.59. The number of hydrogen-bond acceptors (Lipinski definition) is 2. The molecule has 2 nitrogen and oxygen atoms in total. The van der Waals surface area contributed by atoms with Gasteiger partial charge >= 0.3 is 0 Å². The third-order valence-corrected chi connectivity index (χ3v) is 2.78. The molecule has 0 aliphatic heterocycles. The topological polar surface area (TPSA) is 26.0 Å². The second-order valence-electron chi connectivity index (χ2n) is 3.40. The number of aromatic nitrogens is 1. The molecule has 0 aliphatic carbocycles. The Balaban J connectivity index is 2.51. The molecule has 1 heterocycles. The molecular formula is C11H8BrF2NO. The molecule has 2 aromatic rings. The summed E-state index contributed by atoms with van der Waals surface area (Å²) >= 11 is 3.20. The van der Waals surface area contributed by atoms with E-state index in [1.54, 1.807) is 6.07 Å². The molecule has 0 N–H and O–H groups in total. The Morgan fingerprint density at radius 3 is 2.62 bits per heavy atom. The van der Waals surface area contributed by atoms with Crippen molar-refractivity contribution in [3.8, 4) is 11.3 Å². The SMILES string of the molecule is Cc1cc(F)c(-c2cc(CBr)no2)cc1F. The number of alkyl halides is 1. The summed E-state index contributed by atoms with van der Waals surface area (Å²) in [6, 6.07) is 3.83. The Bertz CT molecular complexity index is 525. The van der Waals surface area contributed by atoms with Crippen molar-refractivity contribution in [3.63, 3.8) is 0 Å². The highest BCUT2D eigenvalue weighted by Gasteiger charge is 2.13. The third kappa shape index (κ3) is 2.00. The summed E-state index contributed by atoms with van der Waals surface area (Å²) in [5, 5.41) is 4.20. The van der Waals surface area contributed by atoms with Crippen LogP contribution >= 0.6 is 15.9 Å². The maximum Gasteiger partial charge on any atom is 0.170 e. The van der Waals surface area contributed by atoms with Crippen LogP contribution in [0.2, 0.25) is 0 Å². The van der Waals surface area contributed by atoms with E-state index in [2.05, 4.69) is 21.1 Å². The smallest absolute Gasteiger partial charge is 0.170 e. The predicted molar refractivity (Wildman–Crippen MR) is 59.2 cm³/mol. The molecule has 5 heteroatoms. The minimum atomic E-state index is -0.517. The molecule has 84 valence electrons. The molecule has 0 atom stereocenters. The molecule has 2 rings (SSSR count). The van der Waals surface area contributed by atoms with Crippen molar-refractivity contribution in [3.05, 3.63) is 41.1 Å². The lowest BCUT2D eigenvalue weighted by molar-refractivity contribution is 0.424. The molecule has 0 fully saturated rings. The highest BCUT2D eigenvalue weighted by atomic mass is 79.9. The van der Waals surface area contributed by atoms with Crippen LogP contribution in [0.4, 0.5) is 8.78 Å². The lowest BCUT2D eigenvalue weighted by Gasteiger charge is -2.01. The van der Waals surface area contributed by atoms with Gasteiger partial charge in [0.1, 0.15) is 11.6 Å². The molecule has 0 amide bonds. The van der Waals surface area contributed by atoms with Crippen LogP contribution in [0.3, 0.4) is 0 Å². The summed E-state index contributed by atoms with van der Waals surface area (Å²) in [7, 11) is 0. The number of hydrogen-bond donors (Lipinski definition) is 0. The third-order valence-electron chi connectivity index (χ3n) is 2.21. The zero-order valence-electron chi connectivity index (χ0n) is 8.43. The van der Waals surface area contributed by atoms with Crippen molar-refractivity contribution in [2.24, 2.45) is 0 Å². The first-order valence-corrected chi connectivity index (χ1v) is 5.71. The minimum Gasteiger partial charge on any atom is -0.356 e. The Labute approximate surface area is 99.4 Å². The van der Waals surface area contributed by atoms with Crippen LogP contribution in [-0.4, -0.2) is 5.16 Å². The molecule has 0 saturated carbocycles. The minimum absolute atomic E-state index is 0.0859. The summed E-state index contributed by atoms with van der Waals surface area (Å²) in [5.41, 5.74) is 0.986. The maximum absolute atomic E-state index is 13.6. The fourth-order valence-electron chi connectivity index (χ4n) is 1.34. The van der Waals surface area contributed by atoms with Crippen molar-refractivity contribution in [2.75, 3.05) is 0 Å². The van der Waals surface area contributed by atoms with Gasteiger partial charge in [0.2, 0.25) is 0 Å². The van der Waals surface area contributed by atoms with Gasteiger partial charge in [-0.2, -0.15) is 0 Å². The second-order valence-corrected chi connectivity index (χ2v) is 3.96. The second kappa shape index (κ2) is 4.33. The van der Waals surface area contributed by atoms with E-state index < -0.39 is 11.6 Å². The number of aryl methyl sites for hydroxylation is 1. The van der Waals surface area contributed by atoms with E-state index in [9.17, 15) is 8.78 Å². The van der Waals surface area contributed by atoms with Crippen molar-refractivity contribution in [1.82, 2.24) is 5.16 Å². The van der Waals surface area contributed by atoms with Crippen LogP contribution < -0.4 is 0 Å². The molecule has 0 radical (unpaired) electrons. The number of halogens is 3. The van der Waals surface area contributed by atoms with Gasteiger partial charge in [-0.15, -0.1) is 0 Å². The number of nitrogens with zero attached hydrogens (tertiary/aromatic N) is 1. The van der Waals surface area contributed by atoms with Gasteiger partial charge in [-0.05, 0) is 24.6 Å². The highest BCUT2D eigenvalue weighted by Crippen LogP contribution is 2.26. The van der Waals surface area contributed by atoms with Gasteiger partial charge in [0.05, 0.1) is 11.3 Å². The average Bonchev–Trinajstić information content (AvgIpc) is 2.71. The van der Waals surface area contributed by atoms with Crippen LogP contribution in [0.5, 0.6) is 0 Å². The van der Waals surface area contributed by atoms with E-state index in [0.717, 1.165) is 12.1 Å². The van der Waals surface area contributed by atoms with E-state index in [1.807, 2.05) is 0 Å². The van der Waals surface area contributed by atoms with Gasteiger partial charge in [-0.1, -0.05) is 21.1 Å². The molecule has 1 aromatic carbocycles. The predicted octanol–water partition coefficient (Wildman–Crippen LogP) is 3.82. The highest BCUT2D eigenvalue weighted by molar-refractivity contribution is 9.08. The average molecular weight is 288 g/mol. The molecule has 0 bridgehead atoms. The molecule has 16 heavy (non-hydrogen) atoms. The Kier molecular flexibility index (Phi) is 3.05. The molecular weight excluding hydrogens is 280 g/mol. The van der Waals surface area contributed by atoms with Crippen LogP contribution in [0.1, 0.15) is 11.3 Å². The van der Waals surface area contributed by atoms with Gasteiger partial charge in [-0.3, -0.25) is 0 Å². The van der Waals surface area contributed by atoms with Gasteiger partial charge in [0.15, 0.2) is 5.76 Å². The van der Waals surface area contributed by atoms with Gasteiger partial charge in [0, 0.05) is 11.4 Å². The summed E-state index contributed by atoms with van der Waals surface area (Å²) in [6.45, 7) is 1.51. The molecule has 0 aliphatic rings. The van der Waals surface area contributed by atoms with Crippen molar-refractivity contribution >= 4 is 15.9 Å².